The number of benzene rings is 1. The maximum atomic E-state index is 12.8. The van der Waals surface area contributed by atoms with E-state index in [2.05, 4.69) is 10.3 Å². The van der Waals surface area contributed by atoms with E-state index in [1.165, 1.54) is 4.40 Å². The molecule has 1 aromatic carbocycles. The molecule has 1 N–H and O–H groups in total. The molecular weight excluding hydrogens is 340 g/mol. The maximum absolute atomic E-state index is 12.8. The van der Waals surface area contributed by atoms with Crippen molar-refractivity contribution < 1.29 is 4.79 Å². The van der Waals surface area contributed by atoms with Crippen molar-refractivity contribution in [2.24, 2.45) is 7.05 Å². The van der Waals surface area contributed by atoms with Crippen molar-refractivity contribution >= 4 is 22.6 Å². The van der Waals surface area contributed by atoms with Crippen molar-refractivity contribution in [3.05, 3.63) is 81.9 Å². The third-order valence-corrected chi connectivity index (χ3v) is 4.72. The Bertz CT molecular complexity index is 1210. The summed E-state index contributed by atoms with van der Waals surface area (Å²) in [5.41, 5.74) is 3.47. The highest BCUT2D eigenvalue weighted by Gasteiger charge is 2.17. The number of fused-ring (bicyclic) bond motifs is 2. The lowest BCUT2D eigenvalue weighted by molar-refractivity contribution is 0.0946. The minimum absolute atomic E-state index is 0.169. The summed E-state index contributed by atoms with van der Waals surface area (Å²) in [6.45, 7) is 2.45. The van der Waals surface area contributed by atoms with E-state index >= 15 is 0 Å². The Balaban J connectivity index is 1.64. The van der Waals surface area contributed by atoms with Crippen LogP contribution in [0.25, 0.3) is 16.7 Å². The first-order valence-electron chi connectivity index (χ1n) is 8.85. The average molecular weight is 360 g/mol. The molecule has 3 heterocycles. The van der Waals surface area contributed by atoms with Crippen LogP contribution in [0.15, 0.2) is 59.5 Å². The molecule has 0 atom stereocenters. The average Bonchev–Trinajstić information content (AvgIpc) is 3.00. The van der Waals surface area contributed by atoms with Gasteiger partial charge in [0, 0.05) is 19.8 Å². The molecule has 6 nitrogen and oxygen atoms in total. The molecular formula is C21H20N4O2. The zero-order valence-corrected chi connectivity index (χ0v) is 15.3. The fourth-order valence-corrected chi connectivity index (χ4v) is 3.25. The van der Waals surface area contributed by atoms with E-state index in [1.807, 2.05) is 49.4 Å². The number of rotatable bonds is 4. The largest absolute Gasteiger partial charge is 0.350 e. The zero-order chi connectivity index (χ0) is 19.0. The zero-order valence-electron chi connectivity index (χ0n) is 15.3. The number of nitrogens with zero attached hydrogens (tertiary/aromatic N) is 3. The van der Waals surface area contributed by atoms with Crippen LogP contribution in [0.2, 0.25) is 0 Å². The number of aromatic nitrogens is 3. The predicted molar refractivity (Wildman–Crippen MR) is 105 cm³/mol. The normalized spacial score (nSPS) is 11.2. The van der Waals surface area contributed by atoms with E-state index < -0.39 is 0 Å². The molecule has 1 amide bonds. The lowest BCUT2D eigenvalue weighted by Gasteiger charge is -2.07. The van der Waals surface area contributed by atoms with Gasteiger partial charge >= 0.3 is 0 Å². The Morgan fingerprint density at radius 1 is 1.15 bits per heavy atom. The number of amides is 1. The van der Waals surface area contributed by atoms with E-state index in [9.17, 15) is 9.59 Å². The molecule has 0 fully saturated rings. The van der Waals surface area contributed by atoms with Crippen LogP contribution in [0.1, 0.15) is 21.6 Å². The third-order valence-electron chi connectivity index (χ3n) is 4.72. The number of pyridine rings is 1. The van der Waals surface area contributed by atoms with E-state index in [0.29, 0.717) is 28.9 Å². The molecule has 136 valence electrons. The van der Waals surface area contributed by atoms with Gasteiger partial charge in [0.25, 0.3) is 11.5 Å². The van der Waals surface area contributed by atoms with Gasteiger partial charge in [0.15, 0.2) is 0 Å². The highest BCUT2D eigenvalue weighted by Crippen LogP contribution is 2.15. The van der Waals surface area contributed by atoms with Crippen LogP contribution in [0.5, 0.6) is 0 Å². The first-order chi connectivity index (χ1) is 13.0. The standard InChI is InChI=1S/C21H20N4O2/c1-14-8-9-18-23-19-16(21(27)25(18)13-14)12-17(24(19)2)20(26)22-11-10-15-6-4-3-5-7-15/h3-9,12-13H,10-11H2,1-2H3,(H,22,26). The Hall–Kier alpha value is -3.41. The van der Waals surface area contributed by atoms with Crippen LogP contribution in [-0.2, 0) is 13.5 Å². The third kappa shape index (κ3) is 3.10. The predicted octanol–water partition coefficient (Wildman–Crippen LogP) is 2.47. The minimum Gasteiger partial charge on any atom is -0.350 e. The molecule has 0 radical (unpaired) electrons. The van der Waals surface area contributed by atoms with Gasteiger partial charge in [0.1, 0.15) is 17.0 Å². The monoisotopic (exact) mass is 360 g/mol. The highest BCUT2D eigenvalue weighted by atomic mass is 16.2. The fraction of sp³-hybridized carbons (Fsp3) is 0.190. The quantitative estimate of drug-likeness (QED) is 0.608. The van der Waals surface area contributed by atoms with E-state index in [4.69, 9.17) is 0 Å². The molecule has 6 heteroatoms. The van der Waals surface area contributed by atoms with Crippen molar-refractivity contribution in [3.63, 3.8) is 0 Å². The van der Waals surface area contributed by atoms with Crippen LogP contribution in [0.4, 0.5) is 0 Å². The molecule has 0 unspecified atom stereocenters. The molecule has 0 saturated carbocycles. The number of aryl methyl sites for hydroxylation is 2. The van der Waals surface area contributed by atoms with E-state index in [1.54, 1.807) is 23.9 Å². The van der Waals surface area contributed by atoms with Crippen LogP contribution >= 0.6 is 0 Å². The molecule has 0 aliphatic rings. The van der Waals surface area contributed by atoms with Gasteiger partial charge in [-0.05, 0) is 36.6 Å². The number of carbonyl (C=O) groups excluding carboxylic acids is 1. The van der Waals surface area contributed by atoms with Gasteiger partial charge in [-0.15, -0.1) is 0 Å². The van der Waals surface area contributed by atoms with Gasteiger partial charge in [-0.2, -0.15) is 0 Å². The molecule has 4 aromatic rings. The minimum atomic E-state index is -0.212. The second-order valence-corrected chi connectivity index (χ2v) is 6.67. The molecule has 4 rings (SSSR count). The first kappa shape index (κ1) is 17.0. The molecule has 0 aliphatic heterocycles. The van der Waals surface area contributed by atoms with Crippen molar-refractivity contribution in [2.75, 3.05) is 6.54 Å². The molecule has 0 bridgehead atoms. The first-order valence-corrected chi connectivity index (χ1v) is 8.85. The number of hydrogen-bond donors (Lipinski definition) is 1. The Labute approximate surface area is 156 Å². The number of hydrogen-bond acceptors (Lipinski definition) is 3. The molecule has 27 heavy (non-hydrogen) atoms. The smallest absolute Gasteiger partial charge is 0.267 e. The van der Waals surface area contributed by atoms with Crippen LogP contribution in [0.3, 0.4) is 0 Å². The second-order valence-electron chi connectivity index (χ2n) is 6.67. The Kier molecular flexibility index (Phi) is 4.24. The summed E-state index contributed by atoms with van der Waals surface area (Å²) in [6, 6.07) is 15.3. The lowest BCUT2D eigenvalue weighted by Crippen LogP contribution is -2.27. The fourth-order valence-electron chi connectivity index (χ4n) is 3.25. The van der Waals surface area contributed by atoms with Gasteiger partial charge in [0.2, 0.25) is 0 Å². The van der Waals surface area contributed by atoms with Crippen molar-refractivity contribution in [1.29, 1.82) is 0 Å². The molecule has 3 aromatic heterocycles. The topological polar surface area (TPSA) is 68.4 Å². The summed E-state index contributed by atoms with van der Waals surface area (Å²) in [6.07, 6.45) is 2.51. The maximum Gasteiger partial charge on any atom is 0.267 e. The van der Waals surface area contributed by atoms with Gasteiger partial charge < -0.3 is 9.88 Å². The summed E-state index contributed by atoms with van der Waals surface area (Å²) < 4.78 is 3.20. The van der Waals surface area contributed by atoms with Gasteiger partial charge in [0.05, 0.1) is 5.39 Å². The van der Waals surface area contributed by atoms with Crippen molar-refractivity contribution in [2.45, 2.75) is 13.3 Å². The summed E-state index contributed by atoms with van der Waals surface area (Å²) in [7, 11) is 1.76. The lowest BCUT2D eigenvalue weighted by atomic mass is 10.1. The number of carbonyl (C=O) groups is 1. The second kappa shape index (κ2) is 6.72. The Morgan fingerprint density at radius 3 is 2.70 bits per heavy atom. The molecule has 0 aliphatic carbocycles. The summed E-state index contributed by atoms with van der Waals surface area (Å²) >= 11 is 0. The van der Waals surface area contributed by atoms with E-state index in [0.717, 1.165) is 17.5 Å². The summed E-state index contributed by atoms with van der Waals surface area (Å²) in [4.78, 5) is 30.0. The SMILES string of the molecule is Cc1ccc2nc3c(cc(C(=O)NCCc4ccccc4)n3C)c(=O)n2c1. The van der Waals surface area contributed by atoms with Crippen LogP contribution < -0.4 is 10.9 Å². The summed E-state index contributed by atoms with van der Waals surface area (Å²) in [5.74, 6) is -0.212. The molecule has 0 saturated heterocycles. The van der Waals surface area contributed by atoms with Gasteiger partial charge in [-0.1, -0.05) is 36.4 Å². The van der Waals surface area contributed by atoms with Gasteiger partial charge in [-0.25, -0.2) is 4.98 Å². The number of nitrogens with one attached hydrogen (secondary N) is 1. The summed E-state index contributed by atoms with van der Waals surface area (Å²) in [5, 5.41) is 3.36. The van der Waals surface area contributed by atoms with Crippen molar-refractivity contribution in [3.8, 4) is 0 Å². The van der Waals surface area contributed by atoms with E-state index in [-0.39, 0.29) is 11.5 Å². The molecule has 0 spiro atoms. The van der Waals surface area contributed by atoms with Crippen LogP contribution in [0, 0.1) is 6.92 Å². The Morgan fingerprint density at radius 2 is 1.93 bits per heavy atom. The van der Waals surface area contributed by atoms with Gasteiger partial charge in [-0.3, -0.25) is 14.0 Å². The van der Waals surface area contributed by atoms with Crippen molar-refractivity contribution in [1.82, 2.24) is 19.3 Å². The highest BCUT2D eigenvalue weighted by molar-refractivity contribution is 5.98. The van der Waals surface area contributed by atoms with Crippen LogP contribution in [-0.4, -0.2) is 26.4 Å².